The molecule has 2 rings (SSSR count). The Labute approximate surface area is 98.1 Å². The zero-order valence-corrected chi connectivity index (χ0v) is 9.92. The van der Waals surface area contributed by atoms with Crippen LogP contribution in [0, 0.1) is 5.92 Å². The average molecular weight is 238 g/mol. The molecule has 5 heteroatoms. The van der Waals surface area contributed by atoms with Crippen LogP contribution in [0.2, 0.25) is 0 Å². The van der Waals surface area contributed by atoms with Crippen LogP contribution in [0.1, 0.15) is 37.8 Å². The van der Waals surface area contributed by atoms with Gasteiger partial charge in [0.1, 0.15) is 0 Å². The quantitative estimate of drug-likeness (QED) is 0.815. The summed E-state index contributed by atoms with van der Waals surface area (Å²) in [4.78, 5) is 27.3. The maximum atomic E-state index is 11.7. The summed E-state index contributed by atoms with van der Waals surface area (Å²) < 4.78 is 0. The summed E-state index contributed by atoms with van der Waals surface area (Å²) in [6.07, 6.45) is 2.12. The van der Waals surface area contributed by atoms with Gasteiger partial charge in [0.05, 0.1) is 11.2 Å². The van der Waals surface area contributed by atoms with Gasteiger partial charge in [-0.15, -0.1) is 11.3 Å². The van der Waals surface area contributed by atoms with E-state index in [4.69, 9.17) is 0 Å². The number of aromatic nitrogens is 1. The Kier molecular flexibility index (Phi) is 3.33. The fourth-order valence-electron chi connectivity index (χ4n) is 2.16. The van der Waals surface area contributed by atoms with E-state index in [0.29, 0.717) is 6.42 Å². The number of amides is 2. The first-order valence-corrected chi connectivity index (χ1v) is 6.38. The maximum absolute atomic E-state index is 11.7. The molecule has 1 N–H and O–H groups in total. The molecule has 0 spiro atoms. The molecule has 16 heavy (non-hydrogen) atoms. The number of hydrogen-bond donors (Lipinski definition) is 1. The predicted molar refractivity (Wildman–Crippen MR) is 61.0 cm³/mol. The molecule has 0 aliphatic carbocycles. The van der Waals surface area contributed by atoms with Gasteiger partial charge in [0.15, 0.2) is 0 Å². The lowest BCUT2D eigenvalue weighted by Gasteiger charge is -2.28. The van der Waals surface area contributed by atoms with Gasteiger partial charge < -0.3 is 0 Å². The summed E-state index contributed by atoms with van der Waals surface area (Å²) in [6, 6.07) is 0. The van der Waals surface area contributed by atoms with Crippen LogP contribution < -0.4 is 5.32 Å². The van der Waals surface area contributed by atoms with Crippen LogP contribution in [0.15, 0.2) is 10.9 Å². The highest BCUT2D eigenvalue weighted by molar-refractivity contribution is 7.07. The van der Waals surface area contributed by atoms with Crippen LogP contribution in [-0.4, -0.2) is 16.8 Å². The molecule has 2 heterocycles. The smallest absolute Gasteiger partial charge is 0.230 e. The molecule has 0 radical (unpaired) electrons. The second kappa shape index (κ2) is 4.74. The van der Waals surface area contributed by atoms with Crippen molar-refractivity contribution in [3.63, 3.8) is 0 Å². The van der Waals surface area contributed by atoms with Gasteiger partial charge in [-0.25, -0.2) is 4.98 Å². The molecule has 2 unspecified atom stereocenters. The van der Waals surface area contributed by atoms with Gasteiger partial charge in [0, 0.05) is 23.6 Å². The maximum Gasteiger partial charge on any atom is 0.230 e. The second-order valence-corrected chi connectivity index (χ2v) is 4.75. The number of hydrogen-bond acceptors (Lipinski definition) is 4. The fourth-order valence-corrected chi connectivity index (χ4v) is 2.78. The molecule has 1 aliphatic rings. The van der Waals surface area contributed by atoms with Gasteiger partial charge >= 0.3 is 0 Å². The molecule has 1 saturated heterocycles. The van der Waals surface area contributed by atoms with Crippen molar-refractivity contribution < 1.29 is 9.59 Å². The highest BCUT2D eigenvalue weighted by Crippen LogP contribution is 2.33. The van der Waals surface area contributed by atoms with Gasteiger partial charge in [-0.05, 0) is 6.42 Å². The molecule has 1 aromatic rings. The predicted octanol–water partition coefficient (Wildman–Crippen LogP) is 1.69. The Morgan fingerprint density at radius 3 is 3.00 bits per heavy atom. The molecule has 0 bridgehead atoms. The van der Waals surface area contributed by atoms with Crippen LogP contribution in [0.3, 0.4) is 0 Å². The number of piperidine rings is 1. The zero-order chi connectivity index (χ0) is 11.5. The minimum absolute atomic E-state index is 0.0348. The van der Waals surface area contributed by atoms with Gasteiger partial charge in [-0.1, -0.05) is 13.3 Å². The van der Waals surface area contributed by atoms with Crippen LogP contribution in [0.4, 0.5) is 0 Å². The number of rotatable bonds is 3. The molecular formula is C11H14N2O2S. The van der Waals surface area contributed by atoms with Gasteiger partial charge in [-0.2, -0.15) is 0 Å². The molecule has 0 saturated carbocycles. The molecule has 1 aliphatic heterocycles. The summed E-state index contributed by atoms with van der Waals surface area (Å²) in [5.74, 6) is -0.469. The largest absolute Gasteiger partial charge is 0.296 e. The van der Waals surface area contributed by atoms with Crippen LogP contribution in [0.5, 0.6) is 0 Å². The van der Waals surface area contributed by atoms with Crippen molar-refractivity contribution in [1.82, 2.24) is 10.3 Å². The monoisotopic (exact) mass is 238 g/mol. The molecular weight excluding hydrogens is 224 g/mol. The lowest BCUT2D eigenvalue weighted by Crippen LogP contribution is -2.44. The third-order valence-corrected chi connectivity index (χ3v) is 3.53. The zero-order valence-electron chi connectivity index (χ0n) is 9.10. The first-order chi connectivity index (χ1) is 7.72. The van der Waals surface area contributed by atoms with E-state index >= 15 is 0 Å². The summed E-state index contributed by atoms with van der Waals surface area (Å²) in [6.45, 7) is 2.04. The Morgan fingerprint density at radius 1 is 1.56 bits per heavy atom. The Balaban J connectivity index is 2.24. The number of imide groups is 1. The van der Waals surface area contributed by atoms with Crippen molar-refractivity contribution in [1.29, 1.82) is 0 Å². The minimum Gasteiger partial charge on any atom is -0.296 e. The van der Waals surface area contributed by atoms with E-state index in [0.717, 1.165) is 18.5 Å². The molecule has 86 valence electrons. The molecule has 2 amide bonds. The molecule has 1 fully saturated rings. The third-order valence-electron chi connectivity index (χ3n) is 2.92. The summed E-state index contributed by atoms with van der Waals surface area (Å²) in [7, 11) is 0. The molecule has 4 nitrogen and oxygen atoms in total. The lowest BCUT2D eigenvalue weighted by atomic mass is 9.81. The topological polar surface area (TPSA) is 59.1 Å². The van der Waals surface area contributed by atoms with Crippen molar-refractivity contribution in [2.45, 2.75) is 32.1 Å². The second-order valence-electron chi connectivity index (χ2n) is 4.03. The fraction of sp³-hybridized carbons (Fsp3) is 0.545. The minimum atomic E-state index is -0.185. The highest BCUT2D eigenvalue weighted by atomic mass is 32.1. The third kappa shape index (κ3) is 2.14. The number of nitrogens with zero attached hydrogens (tertiary/aromatic N) is 1. The average Bonchev–Trinajstić information content (AvgIpc) is 2.75. The normalized spacial score (nSPS) is 25.6. The number of carbonyl (C=O) groups is 2. The Bertz CT molecular complexity index is 389. The summed E-state index contributed by atoms with van der Waals surface area (Å²) in [5.41, 5.74) is 2.63. The van der Waals surface area contributed by atoms with E-state index in [1.54, 1.807) is 5.51 Å². The van der Waals surface area contributed by atoms with Crippen molar-refractivity contribution in [2.24, 2.45) is 5.92 Å². The Morgan fingerprint density at radius 2 is 2.38 bits per heavy atom. The van der Waals surface area contributed by atoms with Gasteiger partial charge in [0.25, 0.3) is 0 Å². The van der Waals surface area contributed by atoms with E-state index in [9.17, 15) is 9.59 Å². The lowest BCUT2D eigenvalue weighted by molar-refractivity contribution is -0.137. The van der Waals surface area contributed by atoms with E-state index < -0.39 is 0 Å². The highest BCUT2D eigenvalue weighted by Gasteiger charge is 2.36. The number of carbonyl (C=O) groups excluding carboxylic acids is 2. The molecule has 2 atom stereocenters. The van der Waals surface area contributed by atoms with Crippen molar-refractivity contribution >= 4 is 23.2 Å². The van der Waals surface area contributed by atoms with E-state index in [-0.39, 0.29) is 23.7 Å². The first-order valence-electron chi connectivity index (χ1n) is 5.44. The van der Waals surface area contributed by atoms with Crippen molar-refractivity contribution in [3.05, 3.63) is 16.6 Å². The molecule has 0 aromatic carbocycles. The summed E-state index contributed by atoms with van der Waals surface area (Å²) >= 11 is 1.50. The molecule has 1 aromatic heterocycles. The van der Waals surface area contributed by atoms with E-state index in [1.165, 1.54) is 11.3 Å². The van der Waals surface area contributed by atoms with Gasteiger partial charge in [0.2, 0.25) is 11.8 Å². The Hall–Kier alpha value is -1.23. The van der Waals surface area contributed by atoms with Crippen LogP contribution >= 0.6 is 11.3 Å². The van der Waals surface area contributed by atoms with Crippen LogP contribution in [0.25, 0.3) is 0 Å². The standard InChI is InChI=1S/C11H14N2O2S/c1-2-3-7-8(9-5-16-6-12-9)4-10(14)13-11(7)15/h5-8H,2-4H2,1H3,(H,13,14,15). The van der Waals surface area contributed by atoms with E-state index in [2.05, 4.69) is 10.3 Å². The first kappa shape index (κ1) is 11.3. The number of thiazole rings is 1. The van der Waals surface area contributed by atoms with Crippen molar-refractivity contribution in [2.75, 3.05) is 0 Å². The SMILES string of the molecule is CCCC1C(=O)NC(=O)CC1c1cscn1. The van der Waals surface area contributed by atoms with E-state index in [1.807, 2.05) is 12.3 Å². The van der Waals surface area contributed by atoms with Crippen LogP contribution in [-0.2, 0) is 9.59 Å². The number of nitrogens with one attached hydrogen (secondary N) is 1. The van der Waals surface area contributed by atoms with Gasteiger partial charge in [-0.3, -0.25) is 14.9 Å². The summed E-state index contributed by atoms with van der Waals surface area (Å²) in [5, 5.41) is 4.33. The van der Waals surface area contributed by atoms with Crippen molar-refractivity contribution in [3.8, 4) is 0 Å².